The second-order valence-electron chi connectivity index (χ2n) is 2.72. The number of halogens is 4. The number of carbonyl (C=O) groups excluding carboxylic acids is 1. The van der Waals surface area contributed by atoms with Gasteiger partial charge in [0.25, 0.3) is 0 Å². The van der Waals surface area contributed by atoms with Crippen molar-refractivity contribution < 1.29 is 9.53 Å². The van der Waals surface area contributed by atoms with Gasteiger partial charge in [0.15, 0.2) is 0 Å². The number of hydrogen-bond acceptors (Lipinski definition) is 3. The number of pyridine rings is 1. The lowest BCUT2D eigenvalue weighted by atomic mass is 10.1. The normalized spacial score (nSPS) is 10.6. The number of alkyl halides is 2. The third-order valence-corrected chi connectivity index (χ3v) is 2.61. The van der Waals surface area contributed by atoms with Gasteiger partial charge >= 0.3 is 5.97 Å². The van der Waals surface area contributed by atoms with Gasteiger partial charge in [0.1, 0.15) is 15.1 Å². The summed E-state index contributed by atoms with van der Waals surface area (Å²) in [7, 11) is 0. The Morgan fingerprint density at radius 2 is 2.12 bits per heavy atom. The highest BCUT2D eigenvalue weighted by atomic mass is 35.5. The first kappa shape index (κ1) is 13.8. The number of ether oxygens (including phenoxy) is 1. The van der Waals surface area contributed by atoms with Crippen molar-refractivity contribution in [3.8, 4) is 0 Å². The minimum atomic E-state index is -0.975. The van der Waals surface area contributed by atoms with Crippen LogP contribution >= 0.6 is 46.4 Å². The fourth-order valence-electron chi connectivity index (χ4n) is 1.08. The Labute approximate surface area is 113 Å². The number of rotatable bonds is 3. The van der Waals surface area contributed by atoms with Crippen molar-refractivity contribution in [2.45, 2.75) is 11.8 Å². The topological polar surface area (TPSA) is 39.2 Å². The summed E-state index contributed by atoms with van der Waals surface area (Å²) in [5.74, 6) is -0.588. The molecule has 0 fully saturated rings. The van der Waals surface area contributed by atoms with Gasteiger partial charge < -0.3 is 4.74 Å². The zero-order valence-electron chi connectivity index (χ0n) is 8.14. The Balaban J connectivity index is 3.29. The van der Waals surface area contributed by atoms with E-state index in [0.29, 0.717) is 0 Å². The Hall–Kier alpha value is -0.220. The van der Waals surface area contributed by atoms with Crippen LogP contribution in [-0.4, -0.2) is 17.6 Å². The van der Waals surface area contributed by atoms with Gasteiger partial charge in [-0.1, -0.05) is 46.4 Å². The quantitative estimate of drug-likeness (QED) is 0.480. The van der Waals surface area contributed by atoms with Crippen molar-refractivity contribution in [1.82, 2.24) is 4.98 Å². The van der Waals surface area contributed by atoms with E-state index >= 15 is 0 Å². The molecule has 0 radical (unpaired) electrons. The first-order valence-electron chi connectivity index (χ1n) is 4.28. The highest BCUT2D eigenvalue weighted by molar-refractivity contribution is 6.46. The fourth-order valence-corrected chi connectivity index (χ4v) is 2.17. The number of hydrogen-bond donors (Lipinski definition) is 0. The van der Waals surface area contributed by atoms with Crippen LogP contribution in [0.1, 0.15) is 27.7 Å². The van der Waals surface area contributed by atoms with Crippen molar-refractivity contribution in [3.63, 3.8) is 0 Å². The van der Waals surface area contributed by atoms with Gasteiger partial charge in [-0.05, 0) is 13.0 Å². The average Bonchev–Trinajstić information content (AvgIpc) is 2.15. The van der Waals surface area contributed by atoms with E-state index in [1.165, 1.54) is 6.07 Å². The molecule has 0 aliphatic heterocycles. The zero-order valence-corrected chi connectivity index (χ0v) is 11.2. The average molecular weight is 303 g/mol. The van der Waals surface area contributed by atoms with Crippen LogP contribution in [0.25, 0.3) is 0 Å². The molecule has 0 amide bonds. The second kappa shape index (κ2) is 5.92. The van der Waals surface area contributed by atoms with Crippen LogP contribution < -0.4 is 0 Å². The molecule has 16 heavy (non-hydrogen) atoms. The number of nitrogens with zero attached hydrogens (tertiary/aromatic N) is 1. The SMILES string of the molecule is CCOC(=O)c1cc(Cl)nc(Cl)c1C(Cl)Cl. The Kier molecular flexibility index (Phi) is 5.12. The van der Waals surface area contributed by atoms with Gasteiger partial charge in [0.2, 0.25) is 0 Å². The predicted octanol–water partition coefficient (Wildman–Crippen LogP) is 4.04. The molecular weight excluding hydrogens is 296 g/mol. The van der Waals surface area contributed by atoms with Crippen LogP contribution in [0.5, 0.6) is 0 Å². The molecule has 0 saturated heterocycles. The van der Waals surface area contributed by atoms with E-state index in [2.05, 4.69) is 4.98 Å². The van der Waals surface area contributed by atoms with Crippen molar-refractivity contribution in [2.24, 2.45) is 0 Å². The van der Waals surface area contributed by atoms with Crippen LogP contribution in [-0.2, 0) is 4.74 Å². The Morgan fingerprint density at radius 3 is 2.62 bits per heavy atom. The third kappa shape index (κ3) is 3.14. The molecule has 0 aliphatic rings. The highest BCUT2D eigenvalue weighted by Gasteiger charge is 2.22. The summed E-state index contributed by atoms with van der Waals surface area (Å²) in [6.07, 6.45) is 0. The molecule has 0 atom stereocenters. The van der Waals surface area contributed by atoms with E-state index in [4.69, 9.17) is 51.1 Å². The molecule has 0 N–H and O–H groups in total. The van der Waals surface area contributed by atoms with Gasteiger partial charge in [0, 0.05) is 5.56 Å². The van der Waals surface area contributed by atoms with Gasteiger partial charge in [-0.15, -0.1) is 0 Å². The smallest absolute Gasteiger partial charge is 0.338 e. The second-order valence-corrected chi connectivity index (χ2v) is 4.56. The molecule has 0 spiro atoms. The van der Waals surface area contributed by atoms with E-state index in [-0.39, 0.29) is 28.0 Å². The molecule has 0 aromatic carbocycles. The summed E-state index contributed by atoms with van der Waals surface area (Å²) in [4.78, 5) is 14.4. The minimum Gasteiger partial charge on any atom is -0.462 e. The van der Waals surface area contributed by atoms with Crippen LogP contribution in [0.15, 0.2) is 6.07 Å². The van der Waals surface area contributed by atoms with E-state index in [1.54, 1.807) is 6.92 Å². The molecule has 0 bridgehead atoms. The van der Waals surface area contributed by atoms with E-state index < -0.39 is 10.8 Å². The molecule has 1 heterocycles. The Bertz CT molecular complexity index is 409. The predicted molar refractivity (Wildman–Crippen MR) is 64.7 cm³/mol. The summed E-state index contributed by atoms with van der Waals surface area (Å²) in [5.41, 5.74) is 0.328. The lowest BCUT2D eigenvalue weighted by Crippen LogP contribution is -2.09. The van der Waals surface area contributed by atoms with Crippen LogP contribution in [0, 0.1) is 0 Å². The molecule has 0 saturated carbocycles. The van der Waals surface area contributed by atoms with Gasteiger partial charge in [-0.25, -0.2) is 9.78 Å². The monoisotopic (exact) mass is 301 g/mol. The summed E-state index contributed by atoms with van der Waals surface area (Å²) in [6, 6.07) is 1.32. The molecule has 3 nitrogen and oxygen atoms in total. The largest absolute Gasteiger partial charge is 0.462 e. The number of esters is 1. The van der Waals surface area contributed by atoms with E-state index in [1.807, 2.05) is 0 Å². The zero-order chi connectivity index (χ0) is 12.3. The number of carbonyl (C=O) groups is 1. The van der Waals surface area contributed by atoms with Crippen molar-refractivity contribution in [3.05, 3.63) is 27.5 Å². The van der Waals surface area contributed by atoms with E-state index in [9.17, 15) is 4.79 Å². The summed E-state index contributed by atoms with van der Waals surface area (Å²) < 4.78 is 4.83. The molecular formula is C9H7Cl4NO2. The molecule has 0 aliphatic carbocycles. The summed E-state index contributed by atoms with van der Waals surface area (Å²) >= 11 is 22.9. The maximum atomic E-state index is 11.6. The third-order valence-electron chi connectivity index (χ3n) is 1.69. The van der Waals surface area contributed by atoms with Crippen molar-refractivity contribution in [2.75, 3.05) is 6.61 Å². The lowest BCUT2D eigenvalue weighted by Gasteiger charge is -2.11. The highest BCUT2D eigenvalue weighted by Crippen LogP contribution is 2.34. The van der Waals surface area contributed by atoms with E-state index in [0.717, 1.165) is 0 Å². The fraction of sp³-hybridized carbons (Fsp3) is 0.333. The van der Waals surface area contributed by atoms with Crippen molar-refractivity contribution in [1.29, 1.82) is 0 Å². The first-order valence-corrected chi connectivity index (χ1v) is 5.91. The molecule has 0 unspecified atom stereocenters. The molecule has 1 aromatic heterocycles. The van der Waals surface area contributed by atoms with Gasteiger partial charge in [-0.2, -0.15) is 0 Å². The number of aromatic nitrogens is 1. The van der Waals surface area contributed by atoms with Crippen molar-refractivity contribution >= 4 is 52.4 Å². The van der Waals surface area contributed by atoms with Crippen LogP contribution in [0.3, 0.4) is 0 Å². The van der Waals surface area contributed by atoms with Gasteiger partial charge in [0.05, 0.1) is 12.2 Å². The lowest BCUT2D eigenvalue weighted by molar-refractivity contribution is 0.0525. The minimum absolute atomic E-state index is 0.00875. The van der Waals surface area contributed by atoms with Crippen LogP contribution in [0.2, 0.25) is 10.3 Å². The van der Waals surface area contributed by atoms with Gasteiger partial charge in [-0.3, -0.25) is 0 Å². The molecule has 1 aromatic rings. The maximum Gasteiger partial charge on any atom is 0.338 e. The Morgan fingerprint density at radius 1 is 1.50 bits per heavy atom. The maximum absolute atomic E-state index is 11.6. The first-order chi connectivity index (χ1) is 7.47. The molecule has 88 valence electrons. The molecule has 1 rings (SSSR count). The van der Waals surface area contributed by atoms with Crippen LogP contribution in [0.4, 0.5) is 0 Å². The standard InChI is InChI=1S/C9H7Cl4NO2/c1-2-16-9(15)4-3-5(10)14-8(13)6(4)7(11)12/h3,7H,2H2,1H3. The molecule has 7 heteroatoms. The summed E-state index contributed by atoms with van der Waals surface area (Å²) in [6.45, 7) is 1.91. The summed E-state index contributed by atoms with van der Waals surface area (Å²) in [5, 5.41) is 0.0661.